The lowest BCUT2D eigenvalue weighted by atomic mass is 10.1. The number of halogens is 1. The van der Waals surface area contributed by atoms with Crippen molar-refractivity contribution in [3.63, 3.8) is 0 Å². The summed E-state index contributed by atoms with van der Waals surface area (Å²) < 4.78 is 1.66. The normalized spacial score (nSPS) is 10.8. The number of hydrogen-bond donors (Lipinski definition) is 3. The van der Waals surface area contributed by atoms with E-state index in [-0.39, 0.29) is 29.3 Å². The van der Waals surface area contributed by atoms with Crippen molar-refractivity contribution >= 4 is 23.3 Å². The molecule has 0 aliphatic rings. The highest BCUT2D eigenvalue weighted by molar-refractivity contribution is 6.32. The number of carbonyl (C=O) groups excluding carboxylic acids is 1. The molecule has 2 amide bonds. The number of benzene rings is 1. The first-order valence-corrected chi connectivity index (χ1v) is 7.31. The molecule has 118 valence electrons. The molecule has 0 spiro atoms. The van der Waals surface area contributed by atoms with Gasteiger partial charge in [-0.3, -0.25) is 4.68 Å². The van der Waals surface area contributed by atoms with E-state index < -0.39 is 0 Å². The second-order valence-corrected chi connectivity index (χ2v) is 5.72. The Labute approximate surface area is 134 Å². The molecule has 0 atom stereocenters. The Balaban J connectivity index is 2.00. The van der Waals surface area contributed by atoms with Crippen LogP contribution in [0.25, 0.3) is 0 Å². The first-order valence-electron chi connectivity index (χ1n) is 6.93. The average molecular weight is 323 g/mol. The van der Waals surface area contributed by atoms with E-state index in [1.165, 1.54) is 0 Å². The molecule has 0 fully saturated rings. The molecule has 2 aromatic rings. The highest BCUT2D eigenvalue weighted by Crippen LogP contribution is 2.26. The summed E-state index contributed by atoms with van der Waals surface area (Å²) in [6, 6.07) is 4.64. The molecule has 0 saturated heterocycles. The van der Waals surface area contributed by atoms with Crippen LogP contribution in [-0.2, 0) is 13.6 Å². The van der Waals surface area contributed by atoms with Crippen molar-refractivity contribution in [1.29, 1.82) is 0 Å². The number of para-hydroxylation sites is 1. The van der Waals surface area contributed by atoms with E-state index in [4.69, 9.17) is 11.6 Å². The molecule has 1 aromatic carbocycles. The fraction of sp³-hybridized carbons (Fsp3) is 0.333. The summed E-state index contributed by atoms with van der Waals surface area (Å²) in [6.07, 6.45) is 1.76. The first-order chi connectivity index (χ1) is 10.4. The average Bonchev–Trinajstić information content (AvgIpc) is 2.81. The molecule has 6 nitrogen and oxygen atoms in total. The van der Waals surface area contributed by atoms with Crippen LogP contribution in [0.15, 0.2) is 24.4 Å². The minimum Gasteiger partial charge on any atom is -0.506 e. The maximum atomic E-state index is 12.0. The fourth-order valence-corrected chi connectivity index (χ4v) is 2.27. The number of phenolic OH excluding ortho intramolecular Hbond substituents is 1. The highest BCUT2D eigenvalue weighted by Gasteiger charge is 2.14. The summed E-state index contributed by atoms with van der Waals surface area (Å²) >= 11 is 5.83. The van der Waals surface area contributed by atoms with E-state index in [0.29, 0.717) is 11.3 Å². The van der Waals surface area contributed by atoms with Crippen molar-refractivity contribution in [3.8, 4) is 5.75 Å². The standard InChI is InChI=1S/C15H19ClN4O2/c1-9(2)13-12(8-20(3)19-13)18-15(22)17-7-10-5-4-6-11(16)14(10)21/h4-6,8-9,21H,7H2,1-3H3,(H2,17,18,22). The number of carbonyl (C=O) groups is 1. The number of phenols is 1. The van der Waals surface area contributed by atoms with Crippen molar-refractivity contribution in [2.24, 2.45) is 7.05 Å². The summed E-state index contributed by atoms with van der Waals surface area (Å²) in [4.78, 5) is 12.0. The number of aromatic nitrogens is 2. The second-order valence-electron chi connectivity index (χ2n) is 5.31. The number of urea groups is 1. The van der Waals surface area contributed by atoms with Crippen LogP contribution in [0.2, 0.25) is 5.02 Å². The first kappa shape index (κ1) is 16.2. The number of amides is 2. The number of aryl methyl sites for hydroxylation is 1. The molecule has 0 aliphatic heterocycles. The SMILES string of the molecule is CC(C)c1nn(C)cc1NC(=O)NCc1cccc(Cl)c1O. The van der Waals surface area contributed by atoms with Gasteiger partial charge in [-0.15, -0.1) is 0 Å². The van der Waals surface area contributed by atoms with E-state index in [9.17, 15) is 9.90 Å². The Morgan fingerprint density at radius 1 is 1.45 bits per heavy atom. The molecule has 0 unspecified atom stereocenters. The Kier molecular flexibility index (Phi) is 4.92. The molecule has 7 heteroatoms. The van der Waals surface area contributed by atoms with Gasteiger partial charge in [0.1, 0.15) is 5.75 Å². The minimum atomic E-state index is -0.366. The highest BCUT2D eigenvalue weighted by atomic mass is 35.5. The molecule has 2 rings (SSSR count). The Morgan fingerprint density at radius 3 is 2.86 bits per heavy atom. The van der Waals surface area contributed by atoms with E-state index in [1.807, 2.05) is 13.8 Å². The predicted octanol–water partition coefficient (Wildman–Crippen LogP) is 3.22. The van der Waals surface area contributed by atoms with E-state index in [2.05, 4.69) is 15.7 Å². The lowest BCUT2D eigenvalue weighted by molar-refractivity contribution is 0.251. The number of aromatic hydroxyl groups is 1. The number of rotatable bonds is 4. The Morgan fingerprint density at radius 2 is 2.18 bits per heavy atom. The van der Waals surface area contributed by atoms with Crippen LogP contribution in [0.3, 0.4) is 0 Å². The number of nitrogens with zero attached hydrogens (tertiary/aromatic N) is 2. The lowest BCUT2D eigenvalue weighted by Gasteiger charge is -2.10. The topological polar surface area (TPSA) is 79.2 Å². The van der Waals surface area contributed by atoms with Crippen molar-refractivity contribution in [1.82, 2.24) is 15.1 Å². The Bertz CT molecular complexity index is 682. The van der Waals surface area contributed by atoms with E-state index >= 15 is 0 Å². The van der Waals surface area contributed by atoms with Gasteiger partial charge in [0.25, 0.3) is 0 Å². The molecule has 22 heavy (non-hydrogen) atoms. The van der Waals surface area contributed by atoms with Crippen LogP contribution in [0.1, 0.15) is 31.0 Å². The zero-order chi connectivity index (χ0) is 16.3. The molecule has 0 radical (unpaired) electrons. The molecule has 1 aromatic heterocycles. The van der Waals surface area contributed by atoms with Crippen LogP contribution in [0.5, 0.6) is 5.75 Å². The van der Waals surface area contributed by atoms with Crippen LogP contribution < -0.4 is 10.6 Å². The molecular weight excluding hydrogens is 304 g/mol. The fourth-order valence-electron chi connectivity index (χ4n) is 2.07. The summed E-state index contributed by atoms with van der Waals surface area (Å²) in [6.45, 7) is 4.19. The summed E-state index contributed by atoms with van der Waals surface area (Å²) in [5.41, 5.74) is 2.05. The molecular formula is C15H19ClN4O2. The number of nitrogens with one attached hydrogen (secondary N) is 2. The smallest absolute Gasteiger partial charge is 0.319 e. The third-order valence-corrected chi connectivity index (χ3v) is 3.47. The van der Waals surface area contributed by atoms with Gasteiger partial charge in [0.2, 0.25) is 0 Å². The molecule has 0 aliphatic carbocycles. The van der Waals surface area contributed by atoms with Gasteiger partial charge < -0.3 is 15.7 Å². The van der Waals surface area contributed by atoms with Gasteiger partial charge in [-0.25, -0.2) is 4.79 Å². The molecule has 1 heterocycles. The number of anilines is 1. The van der Waals surface area contributed by atoms with Gasteiger partial charge >= 0.3 is 6.03 Å². The van der Waals surface area contributed by atoms with E-state index in [0.717, 1.165) is 5.69 Å². The van der Waals surface area contributed by atoms with Gasteiger partial charge in [0.15, 0.2) is 0 Å². The minimum absolute atomic E-state index is 0.0197. The Hall–Kier alpha value is -2.21. The van der Waals surface area contributed by atoms with Crippen molar-refractivity contribution in [2.45, 2.75) is 26.3 Å². The summed E-state index contributed by atoms with van der Waals surface area (Å²) in [7, 11) is 1.80. The monoisotopic (exact) mass is 322 g/mol. The van der Waals surface area contributed by atoms with Gasteiger partial charge in [-0.2, -0.15) is 5.10 Å². The maximum absolute atomic E-state index is 12.0. The van der Waals surface area contributed by atoms with Crippen molar-refractivity contribution in [3.05, 3.63) is 40.7 Å². The molecule has 3 N–H and O–H groups in total. The summed E-state index contributed by atoms with van der Waals surface area (Å²) in [5.74, 6) is 0.183. The van der Waals surface area contributed by atoms with Crippen LogP contribution >= 0.6 is 11.6 Å². The van der Waals surface area contributed by atoms with Crippen molar-refractivity contribution in [2.75, 3.05) is 5.32 Å². The van der Waals surface area contributed by atoms with Crippen LogP contribution in [-0.4, -0.2) is 20.9 Å². The molecule has 0 saturated carbocycles. The maximum Gasteiger partial charge on any atom is 0.319 e. The van der Waals surface area contributed by atoms with Gasteiger partial charge in [-0.05, 0) is 12.0 Å². The summed E-state index contributed by atoms with van der Waals surface area (Å²) in [5, 5.41) is 19.8. The van der Waals surface area contributed by atoms with Crippen LogP contribution in [0, 0.1) is 0 Å². The number of hydrogen-bond acceptors (Lipinski definition) is 3. The molecule has 0 bridgehead atoms. The van der Waals surface area contributed by atoms with Gasteiger partial charge in [-0.1, -0.05) is 37.6 Å². The quantitative estimate of drug-likeness (QED) is 0.808. The third kappa shape index (κ3) is 3.71. The van der Waals surface area contributed by atoms with Gasteiger partial charge in [0.05, 0.1) is 16.4 Å². The van der Waals surface area contributed by atoms with Crippen LogP contribution in [0.4, 0.5) is 10.5 Å². The third-order valence-electron chi connectivity index (χ3n) is 3.16. The van der Waals surface area contributed by atoms with E-state index in [1.54, 1.807) is 36.1 Å². The predicted molar refractivity (Wildman–Crippen MR) is 86.3 cm³/mol. The lowest BCUT2D eigenvalue weighted by Crippen LogP contribution is -2.28. The largest absolute Gasteiger partial charge is 0.506 e. The zero-order valence-corrected chi connectivity index (χ0v) is 13.5. The zero-order valence-electron chi connectivity index (χ0n) is 12.7. The van der Waals surface area contributed by atoms with Crippen molar-refractivity contribution < 1.29 is 9.90 Å². The van der Waals surface area contributed by atoms with Gasteiger partial charge in [0, 0.05) is 25.4 Å². The second kappa shape index (κ2) is 6.70.